The zero-order chi connectivity index (χ0) is 14.5. The maximum atomic E-state index is 12.4. The predicted octanol–water partition coefficient (Wildman–Crippen LogP) is 2.56. The molecule has 0 aliphatic rings. The summed E-state index contributed by atoms with van der Waals surface area (Å²) in [4.78, 5) is 0.247. The molecule has 0 spiro atoms. The van der Waals surface area contributed by atoms with Crippen molar-refractivity contribution in [2.45, 2.75) is 44.6 Å². The summed E-state index contributed by atoms with van der Waals surface area (Å²) in [7, 11) is -3.58. The second-order valence-corrected chi connectivity index (χ2v) is 6.59. The molecule has 0 aromatic heterocycles. The maximum Gasteiger partial charge on any atom is 0.244 e. The summed E-state index contributed by atoms with van der Waals surface area (Å²) in [5.74, 6) is 0. The van der Waals surface area contributed by atoms with Crippen LogP contribution in [0.5, 0.6) is 0 Å². The Morgan fingerprint density at radius 1 is 1.26 bits per heavy atom. The van der Waals surface area contributed by atoms with Crippen molar-refractivity contribution in [1.82, 2.24) is 4.31 Å². The van der Waals surface area contributed by atoms with Crippen molar-refractivity contribution in [3.8, 4) is 6.07 Å². The van der Waals surface area contributed by atoms with E-state index in [1.165, 1.54) is 4.31 Å². The number of nitrogens with zero attached hydrogens (tertiary/aromatic N) is 2. The first-order chi connectivity index (χ1) is 8.93. The van der Waals surface area contributed by atoms with Gasteiger partial charge in [0.15, 0.2) is 0 Å². The average Bonchev–Trinajstić information content (AvgIpc) is 2.36. The largest absolute Gasteiger partial charge is 0.244 e. The number of nitriles is 1. The quantitative estimate of drug-likeness (QED) is 0.752. The van der Waals surface area contributed by atoms with Gasteiger partial charge in [-0.25, -0.2) is 8.42 Å². The Morgan fingerprint density at radius 2 is 1.84 bits per heavy atom. The fourth-order valence-electron chi connectivity index (χ4n) is 1.87. The van der Waals surface area contributed by atoms with Crippen LogP contribution in [-0.4, -0.2) is 25.3 Å². The van der Waals surface area contributed by atoms with Crippen molar-refractivity contribution in [2.75, 3.05) is 6.54 Å². The van der Waals surface area contributed by atoms with Crippen LogP contribution in [-0.2, 0) is 16.4 Å². The number of hydrogen-bond acceptors (Lipinski definition) is 3. The van der Waals surface area contributed by atoms with Crippen LogP contribution in [0.15, 0.2) is 29.2 Å². The van der Waals surface area contributed by atoms with Crippen LogP contribution in [0.4, 0.5) is 0 Å². The lowest BCUT2D eigenvalue weighted by molar-refractivity contribution is 0.385. The van der Waals surface area contributed by atoms with E-state index >= 15 is 0 Å². The molecule has 19 heavy (non-hydrogen) atoms. The third-order valence-electron chi connectivity index (χ3n) is 2.87. The highest BCUT2D eigenvalue weighted by molar-refractivity contribution is 7.89. The summed E-state index contributed by atoms with van der Waals surface area (Å²) in [5.41, 5.74) is 1.12. The molecule has 1 aromatic carbocycles. The van der Waals surface area contributed by atoms with Gasteiger partial charge >= 0.3 is 0 Å². The van der Waals surface area contributed by atoms with Gasteiger partial charge in [0, 0.05) is 6.04 Å². The SMILES string of the molecule is CCCc1ccc(S(=O)(=O)N(CC#N)C(C)C)cc1. The van der Waals surface area contributed by atoms with Gasteiger partial charge in [0.05, 0.1) is 11.0 Å². The van der Waals surface area contributed by atoms with E-state index in [2.05, 4.69) is 6.92 Å². The standard InChI is InChI=1S/C14H20N2O2S/c1-4-5-13-6-8-14(9-7-13)19(17,18)16(11-10-15)12(2)3/h6-9,12H,4-5,11H2,1-3H3. The van der Waals surface area contributed by atoms with Crippen LogP contribution in [0.2, 0.25) is 0 Å². The summed E-state index contributed by atoms with van der Waals surface area (Å²) in [6.45, 7) is 5.48. The molecule has 0 bridgehead atoms. The Balaban J connectivity index is 3.08. The van der Waals surface area contributed by atoms with Gasteiger partial charge in [-0.1, -0.05) is 25.5 Å². The zero-order valence-corrected chi connectivity index (χ0v) is 12.4. The van der Waals surface area contributed by atoms with Gasteiger partial charge < -0.3 is 0 Å². The molecule has 0 aliphatic heterocycles. The molecular weight excluding hydrogens is 260 g/mol. The summed E-state index contributed by atoms with van der Waals surface area (Å²) in [6, 6.07) is 8.57. The van der Waals surface area contributed by atoms with Gasteiger partial charge in [0.2, 0.25) is 10.0 Å². The second kappa shape index (κ2) is 6.69. The predicted molar refractivity (Wildman–Crippen MR) is 75.1 cm³/mol. The van der Waals surface area contributed by atoms with E-state index in [4.69, 9.17) is 5.26 Å². The molecule has 0 atom stereocenters. The first-order valence-corrected chi connectivity index (χ1v) is 7.85. The van der Waals surface area contributed by atoms with Crippen molar-refractivity contribution >= 4 is 10.0 Å². The van der Waals surface area contributed by atoms with Crippen molar-refractivity contribution in [3.05, 3.63) is 29.8 Å². The minimum absolute atomic E-state index is 0.128. The number of rotatable bonds is 6. The van der Waals surface area contributed by atoms with E-state index < -0.39 is 10.0 Å². The Hall–Kier alpha value is -1.38. The molecule has 1 aromatic rings. The van der Waals surface area contributed by atoms with E-state index in [1.807, 2.05) is 18.2 Å². The lowest BCUT2D eigenvalue weighted by Gasteiger charge is -2.23. The van der Waals surface area contributed by atoms with Gasteiger partial charge in [-0.05, 0) is 38.0 Å². The first-order valence-electron chi connectivity index (χ1n) is 6.41. The monoisotopic (exact) mass is 280 g/mol. The smallest absolute Gasteiger partial charge is 0.207 e. The number of benzene rings is 1. The Morgan fingerprint density at radius 3 is 2.26 bits per heavy atom. The average molecular weight is 280 g/mol. The molecule has 0 amide bonds. The molecule has 0 heterocycles. The van der Waals surface area contributed by atoms with Crippen LogP contribution in [0, 0.1) is 11.3 Å². The van der Waals surface area contributed by atoms with Crippen LogP contribution in [0.3, 0.4) is 0 Å². The van der Waals surface area contributed by atoms with Gasteiger partial charge in [0.25, 0.3) is 0 Å². The van der Waals surface area contributed by atoms with Crippen molar-refractivity contribution in [3.63, 3.8) is 0 Å². The highest BCUT2D eigenvalue weighted by atomic mass is 32.2. The third-order valence-corrected chi connectivity index (χ3v) is 4.91. The zero-order valence-electron chi connectivity index (χ0n) is 11.6. The van der Waals surface area contributed by atoms with Crippen molar-refractivity contribution < 1.29 is 8.42 Å². The van der Waals surface area contributed by atoms with Crippen molar-refractivity contribution in [2.24, 2.45) is 0 Å². The number of hydrogen-bond donors (Lipinski definition) is 0. The van der Waals surface area contributed by atoms with Gasteiger partial charge in [-0.3, -0.25) is 0 Å². The van der Waals surface area contributed by atoms with Crippen LogP contribution >= 0.6 is 0 Å². The maximum absolute atomic E-state index is 12.4. The van der Waals surface area contributed by atoms with Gasteiger partial charge in [0.1, 0.15) is 6.54 Å². The molecule has 4 nitrogen and oxygen atoms in total. The van der Waals surface area contributed by atoms with E-state index in [-0.39, 0.29) is 17.5 Å². The fourth-order valence-corrected chi connectivity index (χ4v) is 3.40. The lowest BCUT2D eigenvalue weighted by atomic mass is 10.1. The second-order valence-electron chi connectivity index (χ2n) is 4.70. The molecule has 0 saturated heterocycles. The summed E-state index contributed by atoms with van der Waals surface area (Å²) in [5, 5.41) is 8.75. The van der Waals surface area contributed by atoms with Gasteiger partial charge in [-0.15, -0.1) is 0 Å². The van der Waals surface area contributed by atoms with E-state index in [0.29, 0.717) is 0 Å². The van der Waals surface area contributed by atoms with E-state index in [0.717, 1.165) is 18.4 Å². The highest BCUT2D eigenvalue weighted by Gasteiger charge is 2.26. The minimum Gasteiger partial charge on any atom is -0.207 e. The number of aryl methyl sites for hydroxylation is 1. The summed E-state index contributed by atoms with van der Waals surface area (Å²) in [6.07, 6.45) is 1.96. The first kappa shape index (κ1) is 15.7. The molecule has 0 aliphatic carbocycles. The normalized spacial score (nSPS) is 11.8. The molecule has 0 N–H and O–H groups in total. The van der Waals surface area contributed by atoms with E-state index in [1.54, 1.807) is 26.0 Å². The highest BCUT2D eigenvalue weighted by Crippen LogP contribution is 2.19. The molecule has 0 unspecified atom stereocenters. The molecule has 5 heteroatoms. The Bertz CT molecular complexity index is 542. The lowest BCUT2D eigenvalue weighted by Crippen LogP contribution is -2.37. The molecule has 1 rings (SSSR count). The molecular formula is C14H20N2O2S. The fraction of sp³-hybridized carbons (Fsp3) is 0.500. The topological polar surface area (TPSA) is 61.2 Å². The van der Waals surface area contributed by atoms with Crippen LogP contribution in [0.1, 0.15) is 32.8 Å². The van der Waals surface area contributed by atoms with E-state index in [9.17, 15) is 8.42 Å². The molecule has 0 radical (unpaired) electrons. The summed E-state index contributed by atoms with van der Waals surface area (Å²) < 4.78 is 26.0. The Kier molecular flexibility index (Phi) is 5.52. The van der Waals surface area contributed by atoms with Crippen molar-refractivity contribution in [1.29, 1.82) is 5.26 Å². The molecule has 104 valence electrons. The van der Waals surface area contributed by atoms with Gasteiger partial charge in [-0.2, -0.15) is 9.57 Å². The molecule has 0 saturated carbocycles. The van der Waals surface area contributed by atoms with Crippen LogP contribution in [0.25, 0.3) is 0 Å². The minimum atomic E-state index is -3.58. The van der Waals surface area contributed by atoms with Crippen LogP contribution < -0.4 is 0 Å². The summed E-state index contributed by atoms with van der Waals surface area (Å²) >= 11 is 0. The Labute approximate surface area is 115 Å². The molecule has 0 fully saturated rings. The third kappa shape index (κ3) is 3.79. The number of sulfonamides is 1.